The number of alkyl halides is 3. The summed E-state index contributed by atoms with van der Waals surface area (Å²) in [6, 6.07) is 0.813. The molecule has 2 rings (SSSR count). The lowest BCUT2D eigenvalue weighted by molar-refractivity contribution is -0.155. The van der Waals surface area contributed by atoms with E-state index in [2.05, 4.69) is 28.8 Å². The second-order valence-electron chi connectivity index (χ2n) is 7.06. The van der Waals surface area contributed by atoms with Gasteiger partial charge in [-0.3, -0.25) is 9.69 Å². The minimum Gasteiger partial charge on any atom is -0.351 e. The zero-order valence-corrected chi connectivity index (χ0v) is 13.0. The predicted octanol–water partition coefficient (Wildman–Crippen LogP) is 2.39. The first-order valence-electron chi connectivity index (χ1n) is 6.97. The van der Waals surface area contributed by atoms with E-state index in [1.165, 1.54) is 0 Å². The molecule has 0 spiro atoms. The lowest BCUT2D eigenvalue weighted by atomic mass is 9.84. The van der Waals surface area contributed by atoms with Crippen LogP contribution in [-0.4, -0.2) is 35.6 Å². The van der Waals surface area contributed by atoms with Crippen molar-refractivity contribution in [3.05, 3.63) is 17.5 Å². The van der Waals surface area contributed by atoms with Gasteiger partial charge in [-0.15, -0.1) is 0 Å². The standard InChI is InChI=1S/C14H20F3N3O2/c1-12(2)7-20(8-12)6-11(21)18-13(3,4)9-5-10(22-19-9)14(15,16)17/h5H,6-8H2,1-4H3,(H,18,21). The van der Waals surface area contributed by atoms with Crippen LogP contribution in [0.2, 0.25) is 0 Å². The van der Waals surface area contributed by atoms with E-state index in [1.54, 1.807) is 13.8 Å². The van der Waals surface area contributed by atoms with Crippen LogP contribution in [-0.2, 0) is 16.5 Å². The summed E-state index contributed by atoms with van der Waals surface area (Å²) in [6.45, 7) is 9.26. The molecule has 1 aromatic heterocycles. The highest BCUT2D eigenvalue weighted by molar-refractivity contribution is 5.79. The first-order chi connectivity index (χ1) is 9.89. The third-order valence-electron chi connectivity index (χ3n) is 3.55. The highest BCUT2D eigenvalue weighted by Gasteiger charge is 2.39. The quantitative estimate of drug-likeness (QED) is 0.926. The second-order valence-corrected chi connectivity index (χ2v) is 7.06. The molecule has 1 aromatic rings. The molecule has 0 radical (unpaired) electrons. The topological polar surface area (TPSA) is 58.4 Å². The molecule has 0 aromatic carbocycles. The predicted molar refractivity (Wildman–Crippen MR) is 72.9 cm³/mol. The van der Waals surface area contributed by atoms with Crippen LogP contribution in [0, 0.1) is 5.41 Å². The summed E-state index contributed by atoms with van der Waals surface area (Å²) >= 11 is 0. The second kappa shape index (κ2) is 5.26. The van der Waals surface area contributed by atoms with Gasteiger partial charge in [0.2, 0.25) is 11.7 Å². The summed E-state index contributed by atoms with van der Waals surface area (Å²) in [5.74, 6) is -1.42. The van der Waals surface area contributed by atoms with Crippen molar-refractivity contribution in [1.29, 1.82) is 0 Å². The summed E-state index contributed by atoms with van der Waals surface area (Å²) < 4.78 is 41.9. The third-order valence-corrected chi connectivity index (χ3v) is 3.55. The summed E-state index contributed by atoms with van der Waals surface area (Å²) in [7, 11) is 0. The number of nitrogens with zero attached hydrogens (tertiary/aromatic N) is 2. The van der Waals surface area contributed by atoms with E-state index in [0.29, 0.717) is 0 Å². The minimum atomic E-state index is -4.59. The summed E-state index contributed by atoms with van der Waals surface area (Å²) in [5, 5.41) is 6.11. The van der Waals surface area contributed by atoms with Crippen molar-refractivity contribution >= 4 is 5.91 Å². The van der Waals surface area contributed by atoms with Crippen LogP contribution < -0.4 is 5.32 Å². The number of rotatable bonds is 4. The van der Waals surface area contributed by atoms with Crippen LogP contribution in [0.1, 0.15) is 39.1 Å². The summed E-state index contributed by atoms with van der Waals surface area (Å²) in [5.41, 5.74) is -0.786. The summed E-state index contributed by atoms with van der Waals surface area (Å²) in [4.78, 5) is 14.0. The van der Waals surface area contributed by atoms with Crippen molar-refractivity contribution in [1.82, 2.24) is 15.4 Å². The van der Waals surface area contributed by atoms with Crippen LogP contribution in [0.15, 0.2) is 10.6 Å². The Bertz CT molecular complexity index is 556. The Morgan fingerprint density at radius 2 is 2.00 bits per heavy atom. The number of carbonyl (C=O) groups excluding carboxylic acids is 1. The monoisotopic (exact) mass is 319 g/mol. The van der Waals surface area contributed by atoms with E-state index in [-0.39, 0.29) is 23.6 Å². The molecule has 0 bridgehead atoms. The molecule has 2 heterocycles. The zero-order valence-electron chi connectivity index (χ0n) is 13.0. The molecule has 1 fully saturated rings. The Kier molecular flexibility index (Phi) is 4.01. The molecule has 0 atom stereocenters. The maximum Gasteiger partial charge on any atom is 0.452 e. The van der Waals surface area contributed by atoms with Crippen molar-refractivity contribution in [2.45, 2.75) is 39.4 Å². The van der Waals surface area contributed by atoms with Crippen molar-refractivity contribution in [2.75, 3.05) is 19.6 Å². The number of nitrogens with one attached hydrogen (secondary N) is 1. The molecule has 5 nitrogen and oxygen atoms in total. The largest absolute Gasteiger partial charge is 0.452 e. The van der Waals surface area contributed by atoms with E-state index >= 15 is 0 Å². The van der Waals surface area contributed by atoms with Crippen molar-refractivity contribution in [3.63, 3.8) is 0 Å². The van der Waals surface area contributed by atoms with Gasteiger partial charge in [0.05, 0.1) is 12.1 Å². The maximum absolute atomic E-state index is 12.5. The van der Waals surface area contributed by atoms with Gasteiger partial charge in [0.25, 0.3) is 0 Å². The molecule has 1 aliphatic rings. The number of halogens is 3. The van der Waals surface area contributed by atoms with E-state index in [9.17, 15) is 18.0 Å². The number of carbonyl (C=O) groups is 1. The highest BCUT2D eigenvalue weighted by atomic mass is 19.4. The van der Waals surface area contributed by atoms with Gasteiger partial charge in [-0.2, -0.15) is 13.2 Å². The fraction of sp³-hybridized carbons (Fsp3) is 0.714. The smallest absolute Gasteiger partial charge is 0.351 e. The first kappa shape index (κ1) is 16.8. The molecular formula is C14H20F3N3O2. The molecule has 0 aliphatic carbocycles. The Morgan fingerprint density at radius 1 is 1.41 bits per heavy atom. The van der Waals surface area contributed by atoms with Gasteiger partial charge in [-0.05, 0) is 19.3 Å². The molecule has 124 valence electrons. The first-order valence-corrected chi connectivity index (χ1v) is 6.97. The zero-order chi connectivity index (χ0) is 16.8. The van der Waals surface area contributed by atoms with Crippen LogP contribution in [0.3, 0.4) is 0 Å². The number of aromatic nitrogens is 1. The van der Waals surface area contributed by atoms with Gasteiger partial charge in [0, 0.05) is 19.2 Å². The van der Waals surface area contributed by atoms with E-state index in [0.717, 1.165) is 19.2 Å². The molecule has 8 heteroatoms. The SMILES string of the molecule is CC1(C)CN(CC(=O)NC(C)(C)c2cc(C(F)(F)F)on2)C1. The van der Waals surface area contributed by atoms with Crippen LogP contribution in [0.25, 0.3) is 0 Å². The Hall–Kier alpha value is -1.57. The van der Waals surface area contributed by atoms with Crippen LogP contribution in [0.5, 0.6) is 0 Å². The average molecular weight is 319 g/mol. The fourth-order valence-electron chi connectivity index (χ4n) is 2.63. The Balaban J connectivity index is 1.95. The maximum atomic E-state index is 12.5. The molecule has 0 unspecified atom stereocenters. The highest BCUT2D eigenvalue weighted by Crippen LogP contribution is 2.32. The van der Waals surface area contributed by atoms with Gasteiger partial charge in [-0.25, -0.2) is 0 Å². The van der Waals surface area contributed by atoms with Crippen LogP contribution >= 0.6 is 0 Å². The van der Waals surface area contributed by atoms with E-state index in [1.807, 2.05) is 4.90 Å². The molecule has 0 saturated carbocycles. The number of hydrogen-bond donors (Lipinski definition) is 1. The lowest BCUT2D eigenvalue weighted by Gasteiger charge is -2.45. The van der Waals surface area contributed by atoms with E-state index < -0.39 is 17.5 Å². The lowest BCUT2D eigenvalue weighted by Crippen LogP contribution is -2.57. The van der Waals surface area contributed by atoms with Crippen molar-refractivity contribution < 1.29 is 22.5 Å². The molecule has 1 saturated heterocycles. The number of amides is 1. The number of likely N-dealkylation sites (tertiary alicyclic amines) is 1. The molecule has 1 N–H and O–H groups in total. The Morgan fingerprint density at radius 3 is 2.45 bits per heavy atom. The molecular weight excluding hydrogens is 299 g/mol. The van der Waals surface area contributed by atoms with Gasteiger partial charge in [0.15, 0.2) is 0 Å². The van der Waals surface area contributed by atoms with Gasteiger partial charge in [0.1, 0.15) is 5.69 Å². The average Bonchev–Trinajstić information content (AvgIpc) is 2.74. The van der Waals surface area contributed by atoms with Crippen molar-refractivity contribution in [3.8, 4) is 0 Å². The fourth-order valence-corrected chi connectivity index (χ4v) is 2.63. The molecule has 1 amide bonds. The molecule has 1 aliphatic heterocycles. The normalized spacial score (nSPS) is 18.9. The molecule has 22 heavy (non-hydrogen) atoms. The van der Waals surface area contributed by atoms with Gasteiger partial charge >= 0.3 is 6.18 Å². The Labute approximate surface area is 126 Å². The summed E-state index contributed by atoms with van der Waals surface area (Å²) in [6.07, 6.45) is -4.59. The minimum absolute atomic E-state index is 0.0390. The van der Waals surface area contributed by atoms with E-state index in [4.69, 9.17) is 0 Å². The van der Waals surface area contributed by atoms with Crippen molar-refractivity contribution in [2.24, 2.45) is 5.41 Å². The third kappa shape index (κ3) is 3.79. The van der Waals surface area contributed by atoms with Gasteiger partial charge < -0.3 is 9.84 Å². The van der Waals surface area contributed by atoms with Gasteiger partial charge in [-0.1, -0.05) is 19.0 Å². The van der Waals surface area contributed by atoms with Crippen LogP contribution in [0.4, 0.5) is 13.2 Å². The number of hydrogen-bond acceptors (Lipinski definition) is 4.